The maximum Gasteiger partial charge on any atom is 0.254 e. The molecule has 0 unspecified atom stereocenters. The van der Waals surface area contributed by atoms with E-state index in [0.29, 0.717) is 13.1 Å². The minimum atomic E-state index is -0.213. The smallest absolute Gasteiger partial charge is 0.254 e. The zero-order valence-electron chi connectivity index (χ0n) is 10.6. The predicted octanol–water partition coefficient (Wildman–Crippen LogP) is 0.926. The lowest BCUT2D eigenvalue weighted by Gasteiger charge is -2.45. The van der Waals surface area contributed by atoms with Gasteiger partial charge in [0, 0.05) is 44.0 Å². The first-order valence-corrected chi connectivity index (χ1v) is 5.75. The van der Waals surface area contributed by atoms with E-state index in [1.165, 1.54) is 0 Å². The van der Waals surface area contributed by atoms with Crippen molar-refractivity contribution in [3.05, 3.63) is 29.8 Å². The summed E-state index contributed by atoms with van der Waals surface area (Å²) in [6.45, 7) is 3.24. The average Bonchev–Trinajstić information content (AvgIpc) is 2.25. The van der Waals surface area contributed by atoms with Gasteiger partial charge in [0.1, 0.15) is 0 Å². The number of hydrogen-bond donors (Lipinski definition) is 1. The number of hydrogen-bond acceptors (Lipinski definition) is 3. The summed E-state index contributed by atoms with van der Waals surface area (Å²) >= 11 is 0. The van der Waals surface area contributed by atoms with Crippen LogP contribution in [0.1, 0.15) is 17.3 Å². The molecule has 1 fully saturated rings. The molecule has 17 heavy (non-hydrogen) atoms. The second-order valence-electron chi connectivity index (χ2n) is 5.26. The second-order valence-corrected chi connectivity index (χ2v) is 5.26. The van der Waals surface area contributed by atoms with Crippen LogP contribution in [0.4, 0.5) is 5.69 Å². The molecule has 0 radical (unpaired) electrons. The van der Waals surface area contributed by atoms with Gasteiger partial charge in [-0.25, -0.2) is 0 Å². The SMILES string of the molecule is CN(C)c1cccc(C(=O)N2CC(C)(N)C2)c1. The van der Waals surface area contributed by atoms with E-state index in [1.54, 1.807) is 4.90 Å². The number of nitrogens with two attached hydrogens (primary N) is 1. The first-order chi connectivity index (χ1) is 7.89. The predicted molar refractivity (Wildman–Crippen MR) is 69.3 cm³/mol. The summed E-state index contributed by atoms with van der Waals surface area (Å²) in [6.07, 6.45) is 0. The van der Waals surface area contributed by atoms with Gasteiger partial charge >= 0.3 is 0 Å². The van der Waals surface area contributed by atoms with Crippen LogP contribution in [0.5, 0.6) is 0 Å². The fourth-order valence-electron chi connectivity index (χ4n) is 2.07. The van der Waals surface area contributed by atoms with Crippen molar-refractivity contribution in [2.45, 2.75) is 12.5 Å². The molecule has 1 aliphatic heterocycles. The third kappa shape index (κ3) is 2.42. The number of anilines is 1. The Kier molecular flexibility index (Phi) is 2.83. The molecule has 1 saturated heterocycles. The van der Waals surface area contributed by atoms with Crippen LogP contribution in [0, 0.1) is 0 Å². The average molecular weight is 233 g/mol. The van der Waals surface area contributed by atoms with Gasteiger partial charge in [-0.3, -0.25) is 4.79 Å². The highest BCUT2D eigenvalue weighted by Crippen LogP contribution is 2.21. The quantitative estimate of drug-likeness (QED) is 0.826. The summed E-state index contributed by atoms with van der Waals surface area (Å²) in [5.74, 6) is 0.0663. The van der Waals surface area contributed by atoms with Gasteiger partial charge in [-0.2, -0.15) is 0 Å². The van der Waals surface area contributed by atoms with Crippen molar-refractivity contribution < 1.29 is 4.79 Å². The van der Waals surface area contributed by atoms with E-state index < -0.39 is 0 Å². The van der Waals surface area contributed by atoms with Crippen LogP contribution in [0.15, 0.2) is 24.3 Å². The second kappa shape index (κ2) is 4.04. The van der Waals surface area contributed by atoms with Crippen LogP contribution >= 0.6 is 0 Å². The number of rotatable bonds is 2. The molecule has 1 aliphatic rings. The van der Waals surface area contributed by atoms with Crippen LogP contribution in [0.3, 0.4) is 0 Å². The molecule has 1 aromatic carbocycles. The highest BCUT2D eigenvalue weighted by Gasteiger charge is 2.38. The summed E-state index contributed by atoms with van der Waals surface area (Å²) < 4.78 is 0. The Labute approximate surface area is 102 Å². The van der Waals surface area contributed by atoms with Gasteiger partial charge in [0.15, 0.2) is 0 Å². The van der Waals surface area contributed by atoms with Gasteiger partial charge in [0.25, 0.3) is 5.91 Å². The third-order valence-electron chi connectivity index (χ3n) is 3.00. The van der Waals surface area contributed by atoms with Crippen molar-refractivity contribution in [3.8, 4) is 0 Å². The summed E-state index contributed by atoms with van der Waals surface area (Å²) in [6, 6.07) is 7.65. The molecule has 1 heterocycles. The maximum atomic E-state index is 12.1. The van der Waals surface area contributed by atoms with E-state index >= 15 is 0 Å². The number of amides is 1. The van der Waals surface area contributed by atoms with Crippen molar-refractivity contribution >= 4 is 11.6 Å². The molecule has 0 spiro atoms. The third-order valence-corrected chi connectivity index (χ3v) is 3.00. The standard InChI is InChI=1S/C13H19N3O/c1-13(14)8-16(9-13)12(17)10-5-4-6-11(7-10)15(2)3/h4-7H,8-9,14H2,1-3H3. The first-order valence-electron chi connectivity index (χ1n) is 5.75. The lowest BCUT2D eigenvalue weighted by Crippen LogP contribution is -2.66. The van der Waals surface area contributed by atoms with Crippen LogP contribution in [0.2, 0.25) is 0 Å². The highest BCUT2D eigenvalue weighted by molar-refractivity contribution is 5.95. The molecular weight excluding hydrogens is 214 g/mol. The fraction of sp³-hybridized carbons (Fsp3) is 0.462. The molecule has 1 amide bonds. The Hall–Kier alpha value is -1.55. The number of nitrogens with zero attached hydrogens (tertiary/aromatic N) is 2. The maximum absolute atomic E-state index is 12.1. The monoisotopic (exact) mass is 233 g/mol. The summed E-state index contributed by atoms with van der Waals surface area (Å²) in [5.41, 5.74) is 7.45. The first kappa shape index (κ1) is 11.9. The molecule has 0 saturated carbocycles. The van der Waals surface area contributed by atoms with Gasteiger partial charge in [0.05, 0.1) is 0 Å². The van der Waals surface area contributed by atoms with E-state index in [2.05, 4.69) is 0 Å². The lowest BCUT2D eigenvalue weighted by molar-refractivity contribution is 0.0454. The number of likely N-dealkylation sites (tertiary alicyclic amines) is 1. The Morgan fingerprint density at radius 3 is 2.59 bits per heavy atom. The van der Waals surface area contributed by atoms with Gasteiger partial charge in [0.2, 0.25) is 0 Å². The van der Waals surface area contributed by atoms with E-state index in [4.69, 9.17) is 5.73 Å². The normalized spacial score (nSPS) is 17.5. The Bertz CT molecular complexity index is 432. The van der Waals surface area contributed by atoms with Gasteiger partial charge < -0.3 is 15.5 Å². The van der Waals surface area contributed by atoms with Crippen molar-refractivity contribution in [1.82, 2.24) is 4.90 Å². The molecule has 2 rings (SSSR count). The van der Waals surface area contributed by atoms with Crippen LogP contribution in [0.25, 0.3) is 0 Å². The van der Waals surface area contributed by atoms with Gasteiger partial charge in [-0.15, -0.1) is 0 Å². The molecule has 4 heteroatoms. The molecule has 0 atom stereocenters. The topological polar surface area (TPSA) is 49.6 Å². The Balaban J connectivity index is 2.13. The van der Waals surface area contributed by atoms with Crippen molar-refractivity contribution in [2.75, 3.05) is 32.1 Å². The Morgan fingerprint density at radius 2 is 2.06 bits per heavy atom. The largest absolute Gasteiger partial charge is 0.378 e. The molecular formula is C13H19N3O. The van der Waals surface area contributed by atoms with E-state index in [-0.39, 0.29) is 11.4 Å². The van der Waals surface area contributed by atoms with E-state index in [0.717, 1.165) is 11.3 Å². The molecule has 0 aliphatic carbocycles. The van der Waals surface area contributed by atoms with Crippen LogP contribution < -0.4 is 10.6 Å². The minimum absolute atomic E-state index is 0.0663. The summed E-state index contributed by atoms with van der Waals surface area (Å²) in [5, 5.41) is 0. The van der Waals surface area contributed by atoms with Crippen molar-refractivity contribution in [2.24, 2.45) is 5.73 Å². The highest BCUT2D eigenvalue weighted by atomic mass is 16.2. The number of carbonyl (C=O) groups excluding carboxylic acids is 1. The van der Waals surface area contributed by atoms with Crippen molar-refractivity contribution in [3.63, 3.8) is 0 Å². The van der Waals surface area contributed by atoms with Crippen molar-refractivity contribution in [1.29, 1.82) is 0 Å². The molecule has 92 valence electrons. The summed E-state index contributed by atoms with van der Waals surface area (Å²) in [7, 11) is 3.92. The summed E-state index contributed by atoms with van der Waals surface area (Å²) in [4.78, 5) is 15.9. The molecule has 2 N–H and O–H groups in total. The molecule has 0 aromatic heterocycles. The Morgan fingerprint density at radius 1 is 1.41 bits per heavy atom. The zero-order chi connectivity index (χ0) is 12.6. The zero-order valence-corrected chi connectivity index (χ0v) is 10.6. The molecule has 4 nitrogen and oxygen atoms in total. The van der Waals surface area contributed by atoms with Crippen LogP contribution in [-0.4, -0.2) is 43.5 Å². The van der Waals surface area contributed by atoms with E-state index in [1.807, 2.05) is 50.2 Å². The van der Waals surface area contributed by atoms with Gasteiger partial charge in [-0.1, -0.05) is 6.07 Å². The van der Waals surface area contributed by atoms with E-state index in [9.17, 15) is 4.79 Å². The molecule has 0 bridgehead atoms. The van der Waals surface area contributed by atoms with Crippen LogP contribution in [-0.2, 0) is 0 Å². The number of benzene rings is 1. The fourth-order valence-corrected chi connectivity index (χ4v) is 2.07. The van der Waals surface area contributed by atoms with Gasteiger partial charge in [-0.05, 0) is 25.1 Å². The lowest BCUT2D eigenvalue weighted by atomic mass is 9.93. The number of carbonyl (C=O) groups is 1. The molecule has 1 aromatic rings. The minimum Gasteiger partial charge on any atom is -0.378 e.